The van der Waals surface area contributed by atoms with Gasteiger partial charge in [0, 0.05) is 12.6 Å². The van der Waals surface area contributed by atoms with Crippen LogP contribution in [0.25, 0.3) is 0 Å². The monoisotopic (exact) mass is 358 g/mol. The standard InChI is InChI=1S/C17H26N2O4.ClH/c1-21-14-8-7-13(15(22-2)16(14)23-3)17(20)19-10-11-5-4-6-12(18)9-11;/h7-8,11-12H,4-6,9-10,18H2,1-3H3,(H,19,20);1H. The van der Waals surface area contributed by atoms with Crippen LogP contribution in [0.15, 0.2) is 12.1 Å². The zero-order chi connectivity index (χ0) is 16.8. The lowest BCUT2D eigenvalue weighted by atomic mass is 9.86. The van der Waals surface area contributed by atoms with Gasteiger partial charge in [-0.1, -0.05) is 6.42 Å². The van der Waals surface area contributed by atoms with Crippen LogP contribution in [0.1, 0.15) is 36.0 Å². The highest BCUT2D eigenvalue weighted by Gasteiger charge is 2.23. The Kier molecular flexibility index (Phi) is 8.15. The smallest absolute Gasteiger partial charge is 0.255 e. The Morgan fingerprint density at radius 1 is 1.17 bits per heavy atom. The highest BCUT2D eigenvalue weighted by atomic mass is 35.5. The van der Waals surface area contributed by atoms with Crippen LogP contribution in [-0.2, 0) is 0 Å². The first-order chi connectivity index (χ1) is 11.1. The van der Waals surface area contributed by atoms with E-state index in [2.05, 4.69) is 5.32 Å². The van der Waals surface area contributed by atoms with E-state index < -0.39 is 0 Å². The van der Waals surface area contributed by atoms with Gasteiger partial charge in [0.15, 0.2) is 11.5 Å². The first kappa shape index (κ1) is 20.4. The molecular formula is C17H27ClN2O4. The lowest BCUT2D eigenvalue weighted by Crippen LogP contribution is -2.35. The van der Waals surface area contributed by atoms with Crippen LogP contribution in [0.4, 0.5) is 0 Å². The molecule has 0 aromatic heterocycles. The van der Waals surface area contributed by atoms with Crippen molar-refractivity contribution >= 4 is 18.3 Å². The molecule has 0 radical (unpaired) electrons. The van der Waals surface area contributed by atoms with E-state index in [1.165, 1.54) is 14.2 Å². The van der Waals surface area contributed by atoms with E-state index in [1.807, 2.05) is 0 Å². The third-order valence-corrected chi connectivity index (χ3v) is 4.32. The molecule has 1 aromatic rings. The molecule has 3 N–H and O–H groups in total. The van der Waals surface area contributed by atoms with Gasteiger partial charge in [-0.05, 0) is 37.3 Å². The fourth-order valence-corrected chi connectivity index (χ4v) is 3.13. The molecule has 1 saturated carbocycles. The Morgan fingerprint density at radius 2 is 1.88 bits per heavy atom. The molecule has 2 atom stereocenters. The van der Waals surface area contributed by atoms with Gasteiger partial charge in [0.1, 0.15) is 0 Å². The second-order valence-corrected chi connectivity index (χ2v) is 5.88. The fourth-order valence-electron chi connectivity index (χ4n) is 3.13. The number of halogens is 1. The summed E-state index contributed by atoms with van der Waals surface area (Å²) in [5.41, 5.74) is 6.43. The summed E-state index contributed by atoms with van der Waals surface area (Å²) in [4.78, 5) is 12.5. The number of carbonyl (C=O) groups excluding carboxylic acids is 1. The summed E-state index contributed by atoms with van der Waals surface area (Å²) < 4.78 is 15.9. The van der Waals surface area contributed by atoms with E-state index in [0.717, 1.165) is 25.7 Å². The van der Waals surface area contributed by atoms with Gasteiger partial charge in [-0.15, -0.1) is 12.4 Å². The van der Waals surface area contributed by atoms with Crippen molar-refractivity contribution in [3.63, 3.8) is 0 Å². The van der Waals surface area contributed by atoms with Crippen LogP contribution in [0.3, 0.4) is 0 Å². The van der Waals surface area contributed by atoms with E-state index in [0.29, 0.717) is 35.3 Å². The van der Waals surface area contributed by atoms with Crippen molar-refractivity contribution < 1.29 is 19.0 Å². The molecule has 1 aromatic carbocycles. The van der Waals surface area contributed by atoms with Crippen LogP contribution in [0, 0.1) is 5.92 Å². The van der Waals surface area contributed by atoms with Crippen molar-refractivity contribution in [3.05, 3.63) is 17.7 Å². The van der Waals surface area contributed by atoms with Crippen molar-refractivity contribution in [1.82, 2.24) is 5.32 Å². The molecule has 2 rings (SSSR count). The Labute approximate surface area is 149 Å². The van der Waals surface area contributed by atoms with Gasteiger partial charge in [-0.25, -0.2) is 0 Å². The number of hydrogen-bond donors (Lipinski definition) is 2. The quantitative estimate of drug-likeness (QED) is 0.815. The fraction of sp³-hybridized carbons (Fsp3) is 0.588. The van der Waals surface area contributed by atoms with Crippen molar-refractivity contribution in [2.24, 2.45) is 11.7 Å². The third-order valence-electron chi connectivity index (χ3n) is 4.32. The Balaban J connectivity index is 0.00000288. The van der Waals surface area contributed by atoms with E-state index >= 15 is 0 Å². The van der Waals surface area contributed by atoms with E-state index in [4.69, 9.17) is 19.9 Å². The number of nitrogens with one attached hydrogen (secondary N) is 1. The van der Waals surface area contributed by atoms with Gasteiger partial charge in [-0.3, -0.25) is 4.79 Å². The Bertz CT molecular complexity index is 554. The zero-order valence-corrected chi connectivity index (χ0v) is 15.3. The molecule has 1 aliphatic carbocycles. The minimum absolute atomic E-state index is 0. The second kappa shape index (κ2) is 9.59. The Hall–Kier alpha value is -1.66. The predicted molar refractivity (Wildman–Crippen MR) is 95.6 cm³/mol. The van der Waals surface area contributed by atoms with Gasteiger partial charge in [0.2, 0.25) is 5.75 Å². The van der Waals surface area contributed by atoms with Crippen LogP contribution < -0.4 is 25.3 Å². The molecule has 1 fully saturated rings. The molecule has 7 heteroatoms. The van der Waals surface area contributed by atoms with Crippen molar-refractivity contribution in [2.75, 3.05) is 27.9 Å². The number of rotatable bonds is 6. The maximum absolute atomic E-state index is 12.5. The maximum Gasteiger partial charge on any atom is 0.255 e. The topological polar surface area (TPSA) is 82.8 Å². The largest absolute Gasteiger partial charge is 0.493 e. The molecule has 0 aliphatic heterocycles. The van der Waals surface area contributed by atoms with Crippen LogP contribution in [-0.4, -0.2) is 39.8 Å². The highest BCUT2D eigenvalue weighted by molar-refractivity contribution is 5.98. The lowest BCUT2D eigenvalue weighted by Gasteiger charge is -2.26. The summed E-state index contributed by atoms with van der Waals surface area (Å²) in [6, 6.07) is 3.64. The normalized spacial score (nSPS) is 19.8. The number of carbonyl (C=O) groups is 1. The molecule has 1 aliphatic rings. The minimum atomic E-state index is -0.179. The number of ether oxygens (including phenoxy) is 3. The van der Waals surface area contributed by atoms with Crippen LogP contribution in [0.2, 0.25) is 0 Å². The van der Waals surface area contributed by atoms with Gasteiger partial charge < -0.3 is 25.3 Å². The lowest BCUT2D eigenvalue weighted by molar-refractivity contribution is 0.0938. The summed E-state index contributed by atoms with van der Waals surface area (Å²) >= 11 is 0. The van der Waals surface area contributed by atoms with Crippen molar-refractivity contribution in [1.29, 1.82) is 0 Å². The van der Waals surface area contributed by atoms with Crippen molar-refractivity contribution in [2.45, 2.75) is 31.7 Å². The molecule has 6 nitrogen and oxygen atoms in total. The van der Waals surface area contributed by atoms with E-state index in [1.54, 1.807) is 19.2 Å². The minimum Gasteiger partial charge on any atom is -0.493 e. The molecule has 0 heterocycles. The SMILES string of the molecule is COc1ccc(C(=O)NCC2CCCC(N)C2)c(OC)c1OC.Cl. The number of methoxy groups -OCH3 is 3. The van der Waals surface area contributed by atoms with Gasteiger partial charge in [-0.2, -0.15) is 0 Å². The first-order valence-electron chi connectivity index (χ1n) is 7.93. The summed E-state index contributed by atoms with van der Waals surface area (Å²) in [5.74, 6) is 1.59. The molecule has 0 bridgehead atoms. The predicted octanol–water partition coefficient (Wildman–Crippen LogP) is 2.38. The van der Waals surface area contributed by atoms with Crippen LogP contribution >= 0.6 is 12.4 Å². The number of amides is 1. The van der Waals surface area contributed by atoms with E-state index in [-0.39, 0.29) is 24.4 Å². The molecule has 136 valence electrons. The Morgan fingerprint density at radius 3 is 2.46 bits per heavy atom. The molecule has 2 unspecified atom stereocenters. The molecular weight excluding hydrogens is 332 g/mol. The van der Waals surface area contributed by atoms with E-state index in [9.17, 15) is 4.79 Å². The summed E-state index contributed by atoms with van der Waals surface area (Å²) in [5, 5.41) is 2.98. The van der Waals surface area contributed by atoms with Gasteiger partial charge in [0.25, 0.3) is 5.91 Å². The van der Waals surface area contributed by atoms with Gasteiger partial charge in [0.05, 0.1) is 26.9 Å². The summed E-state index contributed by atoms with van der Waals surface area (Å²) in [6.45, 7) is 0.629. The maximum atomic E-state index is 12.5. The first-order valence-corrected chi connectivity index (χ1v) is 7.93. The average molecular weight is 359 g/mol. The van der Waals surface area contributed by atoms with Gasteiger partial charge >= 0.3 is 0 Å². The molecule has 24 heavy (non-hydrogen) atoms. The third kappa shape index (κ3) is 4.68. The zero-order valence-electron chi connectivity index (χ0n) is 14.5. The average Bonchev–Trinajstić information content (AvgIpc) is 2.58. The number of hydrogen-bond acceptors (Lipinski definition) is 5. The molecule has 0 saturated heterocycles. The second-order valence-electron chi connectivity index (χ2n) is 5.88. The molecule has 1 amide bonds. The number of nitrogens with two attached hydrogens (primary N) is 1. The summed E-state index contributed by atoms with van der Waals surface area (Å²) in [6.07, 6.45) is 4.27. The van der Waals surface area contributed by atoms with Crippen molar-refractivity contribution in [3.8, 4) is 17.2 Å². The highest BCUT2D eigenvalue weighted by Crippen LogP contribution is 2.39. The number of benzene rings is 1. The summed E-state index contributed by atoms with van der Waals surface area (Å²) in [7, 11) is 4.57. The molecule has 0 spiro atoms. The van der Waals surface area contributed by atoms with Crippen LogP contribution in [0.5, 0.6) is 17.2 Å².